The Bertz CT molecular complexity index is 979. The standard InChI is InChI=1S/C20H22N4O3/c1-14-13-24(20-16(14)5-4-9-21-20)10-8-19(25)23-22-12-15-6-7-17(26-2)18(11-15)27-3/h4-7,9,11-13H,8,10H2,1-3H3,(H,23,25)/b22-12-. The summed E-state index contributed by atoms with van der Waals surface area (Å²) in [5.41, 5.74) is 5.37. The molecule has 0 spiro atoms. The number of carbonyl (C=O) groups is 1. The highest BCUT2D eigenvalue weighted by Crippen LogP contribution is 2.26. The van der Waals surface area contributed by atoms with Gasteiger partial charge in [-0.3, -0.25) is 4.79 Å². The molecule has 0 aliphatic heterocycles. The van der Waals surface area contributed by atoms with Gasteiger partial charge >= 0.3 is 0 Å². The number of benzene rings is 1. The molecule has 0 radical (unpaired) electrons. The van der Waals surface area contributed by atoms with E-state index in [9.17, 15) is 4.79 Å². The number of amides is 1. The Labute approximate surface area is 157 Å². The average Bonchev–Trinajstić information content (AvgIpc) is 3.02. The molecular weight excluding hydrogens is 344 g/mol. The molecule has 2 aromatic heterocycles. The number of fused-ring (bicyclic) bond motifs is 1. The molecule has 0 atom stereocenters. The van der Waals surface area contributed by atoms with Crippen LogP contribution in [-0.2, 0) is 11.3 Å². The molecule has 0 saturated carbocycles. The highest BCUT2D eigenvalue weighted by atomic mass is 16.5. The van der Waals surface area contributed by atoms with Crippen molar-refractivity contribution in [2.75, 3.05) is 14.2 Å². The summed E-state index contributed by atoms with van der Waals surface area (Å²) >= 11 is 0. The zero-order valence-electron chi connectivity index (χ0n) is 15.6. The van der Waals surface area contributed by atoms with E-state index in [0.717, 1.165) is 22.2 Å². The number of aryl methyl sites for hydroxylation is 2. The van der Waals surface area contributed by atoms with E-state index < -0.39 is 0 Å². The molecule has 0 fully saturated rings. The third-order valence-electron chi connectivity index (χ3n) is 4.22. The molecule has 0 unspecified atom stereocenters. The summed E-state index contributed by atoms with van der Waals surface area (Å²) in [6, 6.07) is 9.34. The van der Waals surface area contributed by atoms with Gasteiger partial charge in [-0.2, -0.15) is 5.10 Å². The number of rotatable bonds is 7. The minimum Gasteiger partial charge on any atom is -0.493 e. The summed E-state index contributed by atoms with van der Waals surface area (Å²) in [7, 11) is 3.15. The Morgan fingerprint density at radius 2 is 2.07 bits per heavy atom. The van der Waals surface area contributed by atoms with Crippen LogP contribution in [0, 0.1) is 6.92 Å². The minimum atomic E-state index is -0.165. The third kappa shape index (κ3) is 4.25. The molecule has 140 valence electrons. The molecule has 1 N–H and O–H groups in total. The van der Waals surface area contributed by atoms with Gasteiger partial charge in [-0.15, -0.1) is 0 Å². The van der Waals surface area contributed by atoms with Gasteiger partial charge in [0.15, 0.2) is 11.5 Å². The smallest absolute Gasteiger partial charge is 0.241 e. The monoisotopic (exact) mass is 366 g/mol. The second-order valence-corrected chi connectivity index (χ2v) is 6.04. The van der Waals surface area contributed by atoms with Crippen LogP contribution in [0.2, 0.25) is 0 Å². The molecule has 3 rings (SSSR count). The predicted octanol–water partition coefficient (Wildman–Crippen LogP) is 2.90. The minimum absolute atomic E-state index is 0.165. The van der Waals surface area contributed by atoms with E-state index in [4.69, 9.17) is 9.47 Å². The van der Waals surface area contributed by atoms with Gasteiger partial charge in [-0.25, -0.2) is 10.4 Å². The number of nitrogens with one attached hydrogen (secondary N) is 1. The molecule has 0 aliphatic rings. The molecule has 7 nitrogen and oxygen atoms in total. The van der Waals surface area contributed by atoms with E-state index in [2.05, 4.69) is 15.5 Å². The van der Waals surface area contributed by atoms with Crippen LogP contribution in [-0.4, -0.2) is 35.9 Å². The van der Waals surface area contributed by atoms with Crippen molar-refractivity contribution < 1.29 is 14.3 Å². The van der Waals surface area contributed by atoms with E-state index in [-0.39, 0.29) is 5.91 Å². The van der Waals surface area contributed by atoms with E-state index in [0.29, 0.717) is 24.5 Å². The fourth-order valence-electron chi connectivity index (χ4n) is 2.86. The van der Waals surface area contributed by atoms with Crippen molar-refractivity contribution in [1.82, 2.24) is 15.0 Å². The maximum atomic E-state index is 12.1. The second kappa shape index (κ2) is 8.35. The Balaban J connectivity index is 1.57. The van der Waals surface area contributed by atoms with Crippen LogP contribution < -0.4 is 14.9 Å². The van der Waals surface area contributed by atoms with Gasteiger partial charge in [-0.1, -0.05) is 0 Å². The summed E-state index contributed by atoms with van der Waals surface area (Å²) in [5.74, 6) is 1.08. The second-order valence-electron chi connectivity index (χ2n) is 6.04. The van der Waals surface area contributed by atoms with E-state index in [1.165, 1.54) is 0 Å². The number of carbonyl (C=O) groups excluding carboxylic acids is 1. The Morgan fingerprint density at radius 3 is 2.85 bits per heavy atom. The number of hydrazone groups is 1. The first-order valence-electron chi connectivity index (χ1n) is 8.56. The third-order valence-corrected chi connectivity index (χ3v) is 4.22. The normalized spacial score (nSPS) is 11.1. The van der Waals surface area contributed by atoms with Crippen molar-refractivity contribution >= 4 is 23.2 Å². The van der Waals surface area contributed by atoms with Crippen LogP contribution >= 0.6 is 0 Å². The maximum Gasteiger partial charge on any atom is 0.241 e. The SMILES string of the molecule is COc1ccc(/C=N\NC(=O)CCn2cc(C)c3cccnc32)cc1OC. The molecule has 0 bridgehead atoms. The molecule has 7 heteroatoms. The number of nitrogens with zero attached hydrogens (tertiary/aromatic N) is 3. The summed E-state index contributed by atoms with van der Waals surface area (Å²) in [4.78, 5) is 16.5. The summed E-state index contributed by atoms with van der Waals surface area (Å²) in [5, 5.41) is 5.11. The first-order chi connectivity index (χ1) is 13.1. The van der Waals surface area contributed by atoms with Crippen molar-refractivity contribution in [3.63, 3.8) is 0 Å². The zero-order chi connectivity index (χ0) is 19.2. The lowest BCUT2D eigenvalue weighted by Gasteiger charge is -2.07. The van der Waals surface area contributed by atoms with Crippen LogP contribution in [0.5, 0.6) is 11.5 Å². The molecule has 0 aliphatic carbocycles. The number of ether oxygens (including phenoxy) is 2. The fraction of sp³-hybridized carbons (Fsp3) is 0.250. The summed E-state index contributed by atoms with van der Waals surface area (Å²) in [6.45, 7) is 2.58. The van der Waals surface area contributed by atoms with Gasteiger partial charge in [-0.05, 0) is 48.4 Å². The zero-order valence-corrected chi connectivity index (χ0v) is 15.6. The number of hydrogen-bond acceptors (Lipinski definition) is 5. The topological polar surface area (TPSA) is 77.7 Å². The molecule has 27 heavy (non-hydrogen) atoms. The van der Waals surface area contributed by atoms with E-state index in [1.807, 2.05) is 35.9 Å². The molecule has 3 aromatic rings. The van der Waals surface area contributed by atoms with Crippen LogP contribution in [0.4, 0.5) is 0 Å². The van der Waals surface area contributed by atoms with Crippen LogP contribution in [0.25, 0.3) is 11.0 Å². The number of hydrogen-bond donors (Lipinski definition) is 1. The predicted molar refractivity (Wildman–Crippen MR) is 104 cm³/mol. The number of methoxy groups -OCH3 is 2. The van der Waals surface area contributed by atoms with Crippen LogP contribution in [0.15, 0.2) is 47.8 Å². The largest absolute Gasteiger partial charge is 0.493 e. The highest BCUT2D eigenvalue weighted by molar-refractivity contribution is 5.83. The van der Waals surface area contributed by atoms with Crippen molar-refractivity contribution in [3.8, 4) is 11.5 Å². The van der Waals surface area contributed by atoms with Crippen molar-refractivity contribution in [1.29, 1.82) is 0 Å². The lowest BCUT2D eigenvalue weighted by atomic mass is 10.2. The van der Waals surface area contributed by atoms with Gasteiger partial charge in [0.1, 0.15) is 5.65 Å². The molecule has 1 amide bonds. The maximum absolute atomic E-state index is 12.1. The van der Waals surface area contributed by atoms with Crippen molar-refractivity contribution in [2.45, 2.75) is 19.9 Å². The van der Waals surface area contributed by atoms with Crippen LogP contribution in [0.1, 0.15) is 17.5 Å². The Morgan fingerprint density at radius 1 is 1.26 bits per heavy atom. The molecular formula is C20H22N4O3. The first kappa shape index (κ1) is 18.4. The Kier molecular flexibility index (Phi) is 5.71. The molecule has 0 saturated heterocycles. The van der Waals surface area contributed by atoms with Crippen molar-refractivity contribution in [3.05, 3.63) is 53.9 Å². The first-order valence-corrected chi connectivity index (χ1v) is 8.56. The highest BCUT2D eigenvalue weighted by Gasteiger charge is 2.08. The van der Waals surface area contributed by atoms with Gasteiger partial charge in [0.25, 0.3) is 0 Å². The number of aromatic nitrogens is 2. The molecule has 1 aromatic carbocycles. The van der Waals surface area contributed by atoms with Gasteiger partial charge in [0.2, 0.25) is 5.91 Å². The quantitative estimate of drug-likeness (QED) is 0.515. The summed E-state index contributed by atoms with van der Waals surface area (Å²) < 4.78 is 12.4. The Hall–Kier alpha value is -3.35. The van der Waals surface area contributed by atoms with E-state index >= 15 is 0 Å². The van der Waals surface area contributed by atoms with Crippen molar-refractivity contribution in [2.24, 2.45) is 5.10 Å². The van der Waals surface area contributed by atoms with Gasteiger partial charge < -0.3 is 14.0 Å². The van der Waals surface area contributed by atoms with Gasteiger partial charge in [0.05, 0.1) is 20.4 Å². The van der Waals surface area contributed by atoms with E-state index in [1.54, 1.807) is 38.8 Å². The lowest BCUT2D eigenvalue weighted by Crippen LogP contribution is -2.19. The number of pyridine rings is 1. The van der Waals surface area contributed by atoms with Gasteiger partial charge in [0, 0.05) is 30.7 Å². The fourth-order valence-corrected chi connectivity index (χ4v) is 2.86. The summed E-state index contributed by atoms with van der Waals surface area (Å²) in [6.07, 6.45) is 5.64. The molecule has 2 heterocycles. The average molecular weight is 366 g/mol. The lowest BCUT2D eigenvalue weighted by molar-refractivity contribution is -0.121. The van der Waals surface area contributed by atoms with Crippen LogP contribution in [0.3, 0.4) is 0 Å².